The Morgan fingerprint density at radius 2 is 2.18 bits per heavy atom. The van der Waals surface area contributed by atoms with Crippen LogP contribution in [0, 0.1) is 11.8 Å². The van der Waals surface area contributed by atoms with Gasteiger partial charge in [-0.2, -0.15) is 0 Å². The van der Waals surface area contributed by atoms with E-state index in [2.05, 4.69) is 10.6 Å². The predicted octanol–water partition coefficient (Wildman–Crippen LogP) is 0.670. The molecule has 2 N–H and O–H groups in total. The number of hydrogen-bond donors (Lipinski definition) is 2. The van der Waals surface area contributed by atoms with E-state index in [-0.39, 0.29) is 11.8 Å². The molecule has 3 rings (SSSR count). The molecule has 2 heterocycles. The molecule has 0 spiro atoms. The van der Waals surface area contributed by atoms with Crippen molar-refractivity contribution < 1.29 is 9.53 Å². The lowest BCUT2D eigenvalue weighted by atomic mass is 9.81. The number of carbonyl (C=O) groups excluding carboxylic acids is 1. The van der Waals surface area contributed by atoms with Gasteiger partial charge in [-0.1, -0.05) is 0 Å². The van der Waals surface area contributed by atoms with Crippen molar-refractivity contribution in [1.82, 2.24) is 10.6 Å². The Kier molecular flexibility index (Phi) is 3.34. The maximum absolute atomic E-state index is 12.1. The summed E-state index contributed by atoms with van der Waals surface area (Å²) in [7, 11) is 0. The van der Waals surface area contributed by atoms with E-state index in [0.717, 1.165) is 39.0 Å². The Hall–Kier alpha value is -0.610. The molecule has 1 aliphatic carbocycles. The second kappa shape index (κ2) is 4.94. The lowest BCUT2D eigenvalue weighted by Gasteiger charge is -2.33. The van der Waals surface area contributed by atoms with Crippen molar-refractivity contribution in [2.24, 2.45) is 11.8 Å². The number of fused-ring (bicyclic) bond motifs is 1. The molecule has 4 nitrogen and oxygen atoms in total. The van der Waals surface area contributed by atoms with Crippen LogP contribution >= 0.6 is 0 Å². The smallest absolute Gasteiger partial charge is 0.224 e. The van der Waals surface area contributed by atoms with Crippen molar-refractivity contribution in [3.05, 3.63) is 0 Å². The van der Waals surface area contributed by atoms with E-state index >= 15 is 0 Å². The Balaban J connectivity index is 1.58. The summed E-state index contributed by atoms with van der Waals surface area (Å²) in [6.45, 7) is 2.72. The number of rotatable bonds is 2. The van der Waals surface area contributed by atoms with Gasteiger partial charge in [-0.25, -0.2) is 0 Å². The quantitative estimate of drug-likeness (QED) is 0.743. The van der Waals surface area contributed by atoms with Crippen molar-refractivity contribution in [2.45, 2.75) is 44.2 Å². The van der Waals surface area contributed by atoms with Crippen LogP contribution in [-0.4, -0.2) is 37.7 Å². The van der Waals surface area contributed by atoms with Crippen LogP contribution in [0.3, 0.4) is 0 Å². The van der Waals surface area contributed by atoms with Gasteiger partial charge < -0.3 is 15.4 Å². The number of hydrogen-bond acceptors (Lipinski definition) is 3. The molecule has 0 bridgehead atoms. The zero-order valence-electron chi connectivity index (χ0n) is 10.3. The van der Waals surface area contributed by atoms with Gasteiger partial charge in [-0.3, -0.25) is 4.79 Å². The van der Waals surface area contributed by atoms with Crippen LogP contribution in [-0.2, 0) is 9.53 Å². The molecule has 4 unspecified atom stereocenters. The summed E-state index contributed by atoms with van der Waals surface area (Å²) in [5.74, 6) is 1.02. The van der Waals surface area contributed by atoms with Gasteiger partial charge in [0.1, 0.15) is 0 Å². The first-order chi connectivity index (χ1) is 8.34. The van der Waals surface area contributed by atoms with E-state index in [1.165, 1.54) is 12.8 Å². The molecule has 0 aromatic heterocycles. The molecule has 0 aromatic carbocycles. The van der Waals surface area contributed by atoms with Gasteiger partial charge >= 0.3 is 0 Å². The predicted molar refractivity (Wildman–Crippen MR) is 64.6 cm³/mol. The van der Waals surface area contributed by atoms with Gasteiger partial charge in [0, 0.05) is 25.1 Å². The normalized spacial score (nSPS) is 41.2. The molecule has 2 aliphatic heterocycles. The van der Waals surface area contributed by atoms with Crippen molar-refractivity contribution >= 4 is 5.91 Å². The van der Waals surface area contributed by atoms with Crippen LogP contribution in [0.5, 0.6) is 0 Å². The third kappa shape index (κ3) is 2.33. The highest BCUT2D eigenvalue weighted by Crippen LogP contribution is 2.34. The number of ether oxygens (including phenoxy) is 1. The maximum atomic E-state index is 12.1. The Morgan fingerprint density at radius 3 is 3.00 bits per heavy atom. The Bertz CT molecular complexity index is 289. The summed E-state index contributed by atoms with van der Waals surface area (Å²) in [6.07, 6.45) is 6.03. The zero-order valence-corrected chi connectivity index (χ0v) is 10.3. The van der Waals surface area contributed by atoms with Crippen molar-refractivity contribution in [2.75, 3.05) is 19.7 Å². The molecule has 3 aliphatic rings. The lowest BCUT2D eigenvalue weighted by molar-refractivity contribution is -0.126. The van der Waals surface area contributed by atoms with Crippen molar-refractivity contribution in [1.29, 1.82) is 0 Å². The molecule has 4 atom stereocenters. The largest absolute Gasteiger partial charge is 0.378 e. The minimum Gasteiger partial charge on any atom is -0.378 e. The van der Waals surface area contributed by atoms with E-state index < -0.39 is 0 Å². The van der Waals surface area contributed by atoms with Crippen LogP contribution in [0.1, 0.15) is 32.1 Å². The molecule has 0 radical (unpaired) electrons. The summed E-state index contributed by atoms with van der Waals surface area (Å²) in [6, 6.07) is 0.365. The molecule has 3 fully saturated rings. The van der Waals surface area contributed by atoms with Crippen molar-refractivity contribution in [3.63, 3.8) is 0 Å². The molecule has 1 saturated carbocycles. The lowest BCUT2D eigenvalue weighted by Crippen LogP contribution is -2.47. The van der Waals surface area contributed by atoms with Crippen molar-refractivity contribution in [3.8, 4) is 0 Å². The number of carbonyl (C=O) groups is 1. The fourth-order valence-corrected chi connectivity index (χ4v) is 3.53. The fourth-order valence-electron chi connectivity index (χ4n) is 3.53. The molecule has 17 heavy (non-hydrogen) atoms. The molecule has 2 saturated heterocycles. The first-order valence-corrected chi connectivity index (χ1v) is 6.97. The molecular formula is C13H22N2O2. The summed E-state index contributed by atoms with van der Waals surface area (Å²) in [4.78, 5) is 12.1. The Labute approximate surface area is 102 Å². The van der Waals surface area contributed by atoms with Gasteiger partial charge in [0.25, 0.3) is 0 Å². The van der Waals surface area contributed by atoms with Crippen LogP contribution in [0.15, 0.2) is 0 Å². The van der Waals surface area contributed by atoms with Gasteiger partial charge in [-0.05, 0) is 38.6 Å². The molecular weight excluding hydrogens is 216 g/mol. The average Bonchev–Trinajstić information content (AvgIpc) is 3.00. The molecule has 4 heteroatoms. The van der Waals surface area contributed by atoms with Gasteiger partial charge in [-0.15, -0.1) is 0 Å². The van der Waals surface area contributed by atoms with E-state index in [9.17, 15) is 4.79 Å². The Morgan fingerprint density at radius 1 is 1.24 bits per heavy atom. The highest BCUT2D eigenvalue weighted by Gasteiger charge is 2.39. The third-order valence-electron chi connectivity index (χ3n) is 4.54. The third-order valence-corrected chi connectivity index (χ3v) is 4.54. The standard InChI is InChI=1S/C13H22N2O2/c16-13(9-4-6-14-8-9)15-11-2-1-3-12-10(11)5-7-17-12/h9-12,14H,1-8H2,(H,15,16). The second-order valence-corrected chi connectivity index (χ2v) is 5.60. The average molecular weight is 238 g/mol. The minimum absolute atomic E-state index is 0.192. The second-order valence-electron chi connectivity index (χ2n) is 5.60. The molecule has 0 aromatic rings. The summed E-state index contributed by atoms with van der Waals surface area (Å²) in [5.41, 5.74) is 0. The minimum atomic E-state index is 0.192. The van der Waals surface area contributed by atoms with Crippen LogP contribution < -0.4 is 10.6 Å². The van der Waals surface area contributed by atoms with E-state index in [0.29, 0.717) is 18.1 Å². The van der Waals surface area contributed by atoms with Gasteiger partial charge in [0.15, 0.2) is 0 Å². The maximum Gasteiger partial charge on any atom is 0.224 e. The van der Waals surface area contributed by atoms with Crippen LogP contribution in [0.2, 0.25) is 0 Å². The molecule has 1 amide bonds. The highest BCUT2D eigenvalue weighted by molar-refractivity contribution is 5.79. The van der Waals surface area contributed by atoms with Crippen LogP contribution in [0.4, 0.5) is 0 Å². The van der Waals surface area contributed by atoms with E-state index in [1.54, 1.807) is 0 Å². The summed E-state index contributed by atoms with van der Waals surface area (Å²) in [5, 5.41) is 6.52. The topological polar surface area (TPSA) is 50.4 Å². The molecule has 96 valence electrons. The van der Waals surface area contributed by atoms with Gasteiger partial charge in [0.2, 0.25) is 5.91 Å². The highest BCUT2D eigenvalue weighted by atomic mass is 16.5. The van der Waals surface area contributed by atoms with E-state index in [1.807, 2.05) is 0 Å². The summed E-state index contributed by atoms with van der Waals surface area (Å²) >= 11 is 0. The number of amides is 1. The first-order valence-electron chi connectivity index (χ1n) is 6.97. The number of nitrogens with one attached hydrogen (secondary N) is 2. The monoisotopic (exact) mass is 238 g/mol. The fraction of sp³-hybridized carbons (Fsp3) is 0.923. The SMILES string of the molecule is O=C(NC1CCCC2OCCC12)C1CCNC1. The first kappa shape index (κ1) is 11.5. The van der Waals surface area contributed by atoms with E-state index in [4.69, 9.17) is 4.74 Å². The van der Waals surface area contributed by atoms with Crippen LogP contribution in [0.25, 0.3) is 0 Å². The van der Waals surface area contributed by atoms with Gasteiger partial charge in [0.05, 0.1) is 12.0 Å². The summed E-state index contributed by atoms with van der Waals surface area (Å²) < 4.78 is 5.73. The zero-order chi connectivity index (χ0) is 11.7.